The summed E-state index contributed by atoms with van der Waals surface area (Å²) < 4.78 is 23.2. The number of nitrogens with zero attached hydrogens (tertiary/aromatic N) is 3. The van der Waals surface area contributed by atoms with Crippen LogP contribution in [0.1, 0.15) is 31.4 Å². The lowest BCUT2D eigenvalue weighted by Gasteiger charge is -2.12. The minimum absolute atomic E-state index is 0.102. The Kier molecular flexibility index (Phi) is 6.32. The number of hydrogen-bond acceptors (Lipinski definition) is 4. The molecule has 20 heavy (non-hydrogen) atoms. The first-order valence-corrected chi connectivity index (χ1v) is 6.15. The molecule has 7 heteroatoms. The maximum absolute atomic E-state index is 13.6. The van der Waals surface area contributed by atoms with E-state index in [0.29, 0.717) is 12.2 Å². The van der Waals surface area contributed by atoms with Gasteiger partial charge in [-0.05, 0) is 36.6 Å². The van der Waals surface area contributed by atoms with E-state index in [0.717, 1.165) is 0 Å². The highest BCUT2D eigenvalue weighted by Gasteiger charge is 2.15. The lowest BCUT2D eigenvalue weighted by atomic mass is 10.0. The Hall–Kier alpha value is -2.27. The third kappa shape index (κ3) is 4.44. The zero-order valence-electron chi connectivity index (χ0n) is 11.4. The summed E-state index contributed by atoms with van der Waals surface area (Å²) in [4.78, 5) is 14.0. The van der Waals surface area contributed by atoms with Gasteiger partial charge in [-0.15, -0.1) is 0 Å². The summed E-state index contributed by atoms with van der Waals surface area (Å²) in [5.74, 6) is -0.808. The zero-order valence-corrected chi connectivity index (χ0v) is 11.4. The van der Waals surface area contributed by atoms with Crippen molar-refractivity contribution in [3.63, 3.8) is 0 Å². The van der Waals surface area contributed by atoms with Crippen molar-refractivity contribution in [3.8, 4) is 5.75 Å². The molecule has 0 aliphatic rings. The molecule has 0 saturated heterocycles. The Morgan fingerprint density at radius 1 is 1.55 bits per heavy atom. The number of carbonyl (C=O) groups is 1. The molecule has 0 heterocycles. The first-order valence-electron chi connectivity index (χ1n) is 6.15. The predicted octanol–water partition coefficient (Wildman–Crippen LogP) is 3.53. The van der Waals surface area contributed by atoms with E-state index in [-0.39, 0.29) is 24.6 Å². The fourth-order valence-electron chi connectivity index (χ4n) is 1.73. The second-order valence-corrected chi connectivity index (χ2v) is 3.96. The quantitative estimate of drug-likeness (QED) is 0.331. The van der Waals surface area contributed by atoms with Crippen molar-refractivity contribution in [2.75, 3.05) is 13.7 Å². The smallest absolute Gasteiger partial charge is 0.305 e. The van der Waals surface area contributed by atoms with Crippen LogP contribution in [0.5, 0.6) is 5.75 Å². The van der Waals surface area contributed by atoms with Crippen LogP contribution in [0.3, 0.4) is 0 Å². The standard InChI is InChI=1S/C13H16FN3O3/c1-3-20-13(18)7-5-11(16-17-15)9-4-6-12(19-2)10(14)8-9/h4,6,8,11H,3,5,7H2,1-2H3. The van der Waals surface area contributed by atoms with Gasteiger partial charge in [0.1, 0.15) is 0 Å². The van der Waals surface area contributed by atoms with Crippen molar-refractivity contribution in [3.05, 3.63) is 40.0 Å². The summed E-state index contributed by atoms with van der Waals surface area (Å²) in [6, 6.07) is 3.68. The third-order valence-corrected chi connectivity index (χ3v) is 2.68. The van der Waals surface area contributed by atoms with Crippen LogP contribution in [0, 0.1) is 5.82 Å². The van der Waals surface area contributed by atoms with Gasteiger partial charge >= 0.3 is 5.97 Å². The van der Waals surface area contributed by atoms with Crippen molar-refractivity contribution < 1.29 is 18.7 Å². The van der Waals surface area contributed by atoms with Crippen molar-refractivity contribution in [1.82, 2.24) is 0 Å². The average molecular weight is 281 g/mol. The normalized spacial score (nSPS) is 11.3. The Morgan fingerprint density at radius 3 is 2.85 bits per heavy atom. The van der Waals surface area contributed by atoms with Gasteiger partial charge in [-0.2, -0.15) is 0 Å². The van der Waals surface area contributed by atoms with E-state index < -0.39 is 11.9 Å². The molecule has 1 aromatic carbocycles. The number of azide groups is 1. The minimum atomic E-state index is -0.621. The fourth-order valence-corrected chi connectivity index (χ4v) is 1.73. The Morgan fingerprint density at radius 2 is 2.30 bits per heavy atom. The molecule has 0 spiro atoms. The largest absolute Gasteiger partial charge is 0.494 e. The highest BCUT2D eigenvalue weighted by molar-refractivity contribution is 5.69. The van der Waals surface area contributed by atoms with E-state index in [9.17, 15) is 9.18 Å². The molecule has 0 bridgehead atoms. The summed E-state index contributed by atoms with van der Waals surface area (Å²) in [5.41, 5.74) is 9.05. The number of ether oxygens (including phenoxy) is 2. The van der Waals surface area contributed by atoms with Gasteiger partial charge in [-0.1, -0.05) is 11.2 Å². The summed E-state index contributed by atoms with van der Waals surface area (Å²) in [7, 11) is 1.36. The predicted molar refractivity (Wildman–Crippen MR) is 70.7 cm³/mol. The second kappa shape index (κ2) is 8.01. The van der Waals surface area contributed by atoms with Gasteiger partial charge in [0.05, 0.1) is 19.8 Å². The molecule has 0 fully saturated rings. The van der Waals surface area contributed by atoms with Crippen LogP contribution in [-0.2, 0) is 9.53 Å². The number of carbonyl (C=O) groups excluding carboxylic acids is 1. The molecular weight excluding hydrogens is 265 g/mol. The summed E-state index contributed by atoms with van der Waals surface area (Å²) in [6.45, 7) is 2.00. The van der Waals surface area contributed by atoms with Gasteiger partial charge in [0.25, 0.3) is 0 Å². The van der Waals surface area contributed by atoms with E-state index >= 15 is 0 Å². The molecule has 0 aliphatic heterocycles. The maximum Gasteiger partial charge on any atom is 0.305 e. The lowest BCUT2D eigenvalue weighted by Crippen LogP contribution is -2.06. The lowest BCUT2D eigenvalue weighted by molar-refractivity contribution is -0.143. The summed E-state index contributed by atoms with van der Waals surface area (Å²) >= 11 is 0. The number of hydrogen-bond donors (Lipinski definition) is 0. The van der Waals surface area contributed by atoms with Gasteiger partial charge in [0, 0.05) is 11.3 Å². The van der Waals surface area contributed by atoms with Gasteiger partial charge in [-0.3, -0.25) is 4.79 Å². The number of esters is 1. The highest BCUT2D eigenvalue weighted by atomic mass is 19.1. The fraction of sp³-hybridized carbons (Fsp3) is 0.462. The Balaban J connectivity index is 2.83. The second-order valence-electron chi connectivity index (χ2n) is 3.96. The van der Waals surface area contributed by atoms with Crippen LogP contribution in [0.4, 0.5) is 4.39 Å². The third-order valence-electron chi connectivity index (χ3n) is 2.68. The molecular formula is C13H16FN3O3. The minimum Gasteiger partial charge on any atom is -0.494 e. The monoisotopic (exact) mass is 281 g/mol. The highest BCUT2D eigenvalue weighted by Crippen LogP contribution is 2.27. The molecule has 1 unspecified atom stereocenters. The molecule has 1 aromatic rings. The van der Waals surface area contributed by atoms with E-state index in [1.165, 1.54) is 19.2 Å². The van der Waals surface area contributed by atoms with E-state index in [2.05, 4.69) is 10.0 Å². The molecule has 0 aliphatic carbocycles. The maximum atomic E-state index is 13.6. The molecule has 0 N–H and O–H groups in total. The first kappa shape index (κ1) is 15.8. The molecule has 1 atom stereocenters. The van der Waals surface area contributed by atoms with Crippen LogP contribution < -0.4 is 4.74 Å². The molecule has 1 rings (SSSR count). The summed E-state index contributed by atoms with van der Waals surface area (Å²) in [6.07, 6.45) is 0.361. The first-order chi connectivity index (χ1) is 9.62. The number of methoxy groups -OCH3 is 1. The van der Waals surface area contributed by atoms with Gasteiger partial charge in [0.15, 0.2) is 11.6 Å². The van der Waals surface area contributed by atoms with E-state index in [1.54, 1.807) is 13.0 Å². The van der Waals surface area contributed by atoms with Crippen molar-refractivity contribution in [1.29, 1.82) is 0 Å². The average Bonchev–Trinajstić information content (AvgIpc) is 2.43. The summed E-state index contributed by atoms with van der Waals surface area (Å²) in [5, 5.41) is 3.59. The van der Waals surface area contributed by atoms with Crippen molar-refractivity contribution >= 4 is 5.97 Å². The van der Waals surface area contributed by atoms with E-state index in [4.69, 9.17) is 15.0 Å². The number of rotatable bonds is 7. The van der Waals surface area contributed by atoms with Gasteiger partial charge in [-0.25, -0.2) is 4.39 Å². The van der Waals surface area contributed by atoms with Gasteiger partial charge < -0.3 is 9.47 Å². The van der Waals surface area contributed by atoms with E-state index in [1.807, 2.05) is 0 Å². The molecule has 0 radical (unpaired) electrons. The van der Waals surface area contributed by atoms with Crippen molar-refractivity contribution in [2.45, 2.75) is 25.8 Å². The molecule has 108 valence electrons. The van der Waals surface area contributed by atoms with Crippen LogP contribution in [0.25, 0.3) is 10.4 Å². The Labute approximate surface area is 116 Å². The molecule has 0 aromatic heterocycles. The number of halogens is 1. The van der Waals surface area contributed by atoms with Crippen LogP contribution in [0.2, 0.25) is 0 Å². The molecule has 0 amide bonds. The SMILES string of the molecule is CCOC(=O)CCC(N=[N+]=[N-])c1ccc(OC)c(F)c1. The number of benzene rings is 1. The molecule has 0 saturated carbocycles. The van der Waals surface area contributed by atoms with Gasteiger partial charge in [0.2, 0.25) is 0 Å². The van der Waals surface area contributed by atoms with Crippen LogP contribution in [0.15, 0.2) is 23.3 Å². The van der Waals surface area contributed by atoms with Crippen LogP contribution in [-0.4, -0.2) is 19.7 Å². The molecule has 6 nitrogen and oxygen atoms in total. The Bertz CT molecular complexity index is 516. The zero-order chi connectivity index (χ0) is 15.0. The van der Waals surface area contributed by atoms with Crippen molar-refractivity contribution in [2.24, 2.45) is 5.11 Å². The topological polar surface area (TPSA) is 84.3 Å². The van der Waals surface area contributed by atoms with Crippen LogP contribution >= 0.6 is 0 Å².